The van der Waals surface area contributed by atoms with Crippen LogP contribution < -0.4 is 0 Å². The summed E-state index contributed by atoms with van der Waals surface area (Å²) in [5, 5.41) is 3.67. The highest BCUT2D eigenvalue weighted by Gasteiger charge is 1.99. The topological polar surface area (TPSA) is 26.0 Å². The molecule has 0 bridgehead atoms. The van der Waals surface area contributed by atoms with Crippen LogP contribution in [-0.2, 0) is 6.42 Å². The second-order valence-corrected chi connectivity index (χ2v) is 2.18. The standard InChI is InChI=1S/C7H11NO/c1-3-4-7-6(2)5-8-9-7/h5H,3-4H2,1-2H3. The minimum atomic E-state index is 1.01. The molecule has 2 heteroatoms. The van der Waals surface area contributed by atoms with Crippen molar-refractivity contribution in [2.45, 2.75) is 26.7 Å². The van der Waals surface area contributed by atoms with Gasteiger partial charge in [-0.3, -0.25) is 0 Å². The minimum absolute atomic E-state index is 1.01. The molecule has 0 aliphatic carbocycles. The second kappa shape index (κ2) is 2.67. The summed E-state index contributed by atoms with van der Waals surface area (Å²) in [7, 11) is 0. The largest absolute Gasteiger partial charge is 0.361 e. The van der Waals surface area contributed by atoms with Crippen molar-refractivity contribution in [1.82, 2.24) is 5.16 Å². The van der Waals surface area contributed by atoms with Crippen molar-refractivity contribution < 1.29 is 4.52 Å². The Morgan fingerprint density at radius 3 is 2.89 bits per heavy atom. The lowest BCUT2D eigenvalue weighted by Gasteiger charge is -1.88. The van der Waals surface area contributed by atoms with Gasteiger partial charge in [-0.05, 0) is 13.3 Å². The number of aryl methyl sites for hydroxylation is 2. The Bertz CT molecular complexity index is 181. The van der Waals surface area contributed by atoms with E-state index in [2.05, 4.69) is 12.1 Å². The third-order valence-electron chi connectivity index (χ3n) is 1.33. The van der Waals surface area contributed by atoms with Crippen LogP contribution in [0.4, 0.5) is 0 Å². The van der Waals surface area contributed by atoms with E-state index in [1.807, 2.05) is 6.92 Å². The monoisotopic (exact) mass is 125 g/mol. The van der Waals surface area contributed by atoms with E-state index >= 15 is 0 Å². The fourth-order valence-corrected chi connectivity index (χ4v) is 0.783. The molecule has 0 aliphatic heterocycles. The summed E-state index contributed by atoms with van der Waals surface area (Å²) in [5.41, 5.74) is 1.16. The Labute approximate surface area is 54.9 Å². The zero-order valence-electron chi connectivity index (χ0n) is 5.85. The van der Waals surface area contributed by atoms with E-state index in [9.17, 15) is 0 Å². The Morgan fingerprint density at radius 1 is 1.67 bits per heavy atom. The average molecular weight is 125 g/mol. The molecule has 2 nitrogen and oxygen atoms in total. The van der Waals surface area contributed by atoms with Crippen molar-refractivity contribution in [3.63, 3.8) is 0 Å². The lowest BCUT2D eigenvalue weighted by Crippen LogP contribution is -1.80. The average Bonchev–Trinajstić information content (AvgIpc) is 2.18. The molecule has 0 saturated carbocycles. The number of rotatable bonds is 2. The second-order valence-electron chi connectivity index (χ2n) is 2.18. The van der Waals surface area contributed by atoms with Crippen LogP contribution in [0.25, 0.3) is 0 Å². The zero-order chi connectivity index (χ0) is 6.69. The predicted octanol–water partition coefficient (Wildman–Crippen LogP) is 1.94. The van der Waals surface area contributed by atoms with Gasteiger partial charge in [-0.25, -0.2) is 0 Å². The van der Waals surface area contributed by atoms with Gasteiger partial charge in [-0.1, -0.05) is 12.1 Å². The maximum Gasteiger partial charge on any atom is 0.139 e. The summed E-state index contributed by atoms with van der Waals surface area (Å²) >= 11 is 0. The van der Waals surface area contributed by atoms with E-state index < -0.39 is 0 Å². The zero-order valence-corrected chi connectivity index (χ0v) is 5.85. The lowest BCUT2D eigenvalue weighted by atomic mass is 10.2. The third kappa shape index (κ3) is 1.31. The van der Waals surface area contributed by atoms with Crippen molar-refractivity contribution >= 4 is 0 Å². The van der Waals surface area contributed by atoms with Crippen LogP contribution in [0.2, 0.25) is 0 Å². The molecule has 0 aromatic carbocycles. The first-order chi connectivity index (χ1) is 4.34. The van der Waals surface area contributed by atoms with Gasteiger partial charge in [0.25, 0.3) is 0 Å². The molecule has 1 rings (SSSR count). The van der Waals surface area contributed by atoms with Crippen LogP contribution in [-0.4, -0.2) is 5.16 Å². The minimum Gasteiger partial charge on any atom is -0.361 e. The normalized spacial score (nSPS) is 10.0. The molecule has 0 fully saturated rings. The van der Waals surface area contributed by atoms with Crippen LogP contribution in [0.3, 0.4) is 0 Å². The molecule has 50 valence electrons. The summed E-state index contributed by atoms with van der Waals surface area (Å²) in [6.07, 6.45) is 3.88. The summed E-state index contributed by atoms with van der Waals surface area (Å²) < 4.78 is 4.95. The molecule has 9 heavy (non-hydrogen) atoms. The molecule has 0 spiro atoms. The Kier molecular flexibility index (Phi) is 1.88. The first-order valence-electron chi connectivity index (χ1n) is 3.24. The van der Waals surface area contributed by atoms with Gasteiger partial charge in [-0.2, -0.15) is 0 Å². The van der Waals surface area contributed by atoms with Crippen molar-refractivity contribution in [2.75, 3.05) is 0 Å². The highest BCUT2D eigenvalue weighted by atomic mass is 16.5. The molecular weight excluding hydrogens is 114 g/mol. The maximum atomic E-state index is 4.95. The van der Waals surface area contributed by atoms with Gasteiger partial charge in [0.15, 0.2) is 0 Å². The van der Waals surface area contributed by atoms with E-state index in [1.54, 1.807) is 6.20 Å². The summed E-state index contributed by atoms with van der Waals surface area (Å²) in [4.78, 5) is 0. The van der Waals surface area contributed by atoms with Gasteiger partial charge in [0.1, 0.15) is 5.76 Å². The van der Waals surface area contributed by atoms with Crippen LogP contribution in [0, 0.1) is 6.92 Å². The van der Waals surface area contributed by atoms with Crippen LogP contribution in [0.5, 0.6) is 0 Å². The molecule has 1 aromatic heterocycles. The first kappa shape index (κ1) is 6.33. The quantitative estimate of drug-likeness (QED) is 0.603. The van der Waals surface area contributed by atoms with Gasteiger partial charge in [0.05, 0.1) is 6.20 Å². The Hall–Kier alpha value is -0.790. The number of nitrogens with zero attached hydrogens (tertiary/aromatic N) is 1. The lowest BCUT2D eigenvalue weighted by molar-refractivity contribution is 0.381. The van der Waals surface area contributed by atoms with Crippen LogP contribution >= 0.6 is 0 Å². The van der Waals surface area contributed by atoms with E-state index in [0.29, 0.717) is 0 Å². The SMILES string of the molecule is CCCc1oncc1C. The molecule has 1 heterocycles. The van der Waals surface area contributed by atoms with E-state index in [-0.39, 0.29) is 0 Å². The van der Waals surface area contributed by atoms with Gasteiger partial charge < -0.3 is 4.52 Å². The fraction of sp³-hybridized carbons (Fsp3) is 0.571. The molecular formula is C7H11NO. The molecule has 1 aromatic rings. The van der Waals surface area contributed by atoms with Gasteiger partial charge in [-0.15, -0.1) is 0 Å². The Morgan fingerprint density at radius 2 is 2.44 bits per heavy atom. The molecule has 0 saturated heterocycles. The van der Waals surface area contributed by atoms with Gasteiger partial charge >= 0.3 is 0 Å². The molecule has 0 atom stereocenters. The van der Waals surface area contributed by atoms with E-state index in [4.69, 9.17) is 4.52 Å². The maximum absolute atomic E-state index is 4.95. The fourth-order valence-electron chi connectivity index (χ4n) is 0.783. The summed E-state index contributed by atoms with van der Waals surface area (Å²) in [6.45, 7) is 4.14. The van der Waals surface area contributed by atoms with Crippen LogP contribution in [0.1, 0.15) is 24.7 Å². The molecule has 0 unspecified atom stereocenters. The highest BCUT2D eigenvalue weighted by Crippen LogP contribution is 2.07. The highest BCUT2D eigenvalue weighted by molar-refractivity contribution is 5.10. The molecule has 0 amide bonds. The molecule has 0 N–H and O–H groups in total. The van der Waals surface area contributed by atoms with Crippen LogP contribution in [0.15, 0.2) is 10.7 Å². The van der Waals surface area contributed by atoms with Crippen molar-refractivity contribution in [1.29, 1.82) is 0 Å². The van der Waals surface area contributed by atoms with E-state index in [0.717, 1.165) is 24.2 Å². The predicted molar refractivity (Wildman–Crippen MR) is 35.2 cm³/mol. The van der Waals surface area contributed by atoms with Crippen molar-refractivity contribution in [2.24, 2.45) is 0 Å². The first-order valence-corrected chi connectivity index (χ1v) is 3.24. The molecule has 0 radical (unpaired) electrons. The van der Waals surface area contributed by atoms with Crippen molar-refractivity contribution in [3.05, 3.63) is 17.5 Å². The number of hydrogen-bond donors (Lipinski definition) is 0. The number of aromatic nitrogens is 1. The smallest absolute Gasteiger partial charge is 0.139 e. The number of hydrogen-bond acceptors (Lipinski definition) is 2. The molecule has 0 aliphatic rings. The Balaban J connectivity index is 2.69. The van der Waals surface area contributed by atoms with Gasteiger partial charge in [0.2, 0.25) is 0 Å². The third-order valence-corrected chi connectivity index (χ3v) is 1.33. The van der Waals surface area contributed by atoms with Gasteiger partial charge in [0, 0.05) is 12.0 Å². The van der Waals surface area contributed by atoms with Crippen molar-refractivity contribution in [3.8, 4) is 0 Å². The van der Waals surface area contributed by atoms with E-state index in [1.165, 1.54) is 0 Å². The summed E-state index contributed by atoms with van der Waals surface area (Å²) in [5.74, 6) is 1.03. The summed E-state index contributed by atoms with van der Waals surface area (Å²) in [6, 6.07) is 0.